The van der Waals surface area contributed by atoms with Gasteiger partial charge in [0.25, 0.3) is 0 Å². The lowest BCUT2D eigenvalue weighted by atomic mass is 10.00. The Morgan fingerprint density at radius 2 is 1.70 bits per heavy atom. The number of aryl methyl sites for hydroxylation is 3. The third kappa shape index (κ3) is 5.82. The first-order valence-corrected chi connectivity index (χ1v) is 7.51. The van der Waals surface area contributed by atoms with Gasteiger partial charge in [0, 0.05) is 19.8 Å². The normalized spacial score (nSPS) is 10.9. The van der Waals surface area contributed by atoms with Gasteiger partial charge in [-0.2, -0.15) is 0 Å². The number of nitrogens with zero attached hydrogens (tertiary/aromatic N) is 2. The smallest absolute Gasteiger partial charge is 0.191 e. The van der Waals surface area contributed by atoms with Crippen molar-refractivity contribution in [1.82, 2.24) is 15.6 Å². The molecule has 0 unspecified atom stereocenters. The summed E-state index contributed by atoms with van der Waals surface area (Å²) in [6.07, 6.45) is 1.80. The van der Waals surface area contributed by atoms with Gasteiger partial charge in [0.15, 0.2) is 5.96 Å². The van der Waals surface area contributed by atoms with E-state index in [1.54, 1.807) is 13.2 Å². The predicted octanol–water partition coefficient (Wildman–Crippen LogP) is 3.49. The number of benzene rings is 1. The molecule has 1 aromatic carbocycles. The highest BCUT2D eigenvalue weighted by molar-refractivity contribution is 14.0. The fourth-order valence-electron chi connectivity index (χ4n) is 2.56. The van der Waals surface area contributed by atoms with Crippen LogP contribution in [0.5, 0.6) is 0 Å². The molecule has 0 atom stereocenters. The van der Waals surface area contributed by atoms with Crippen molar-refractivity contribution in [3.05, 3.63) is 64.5 Å². The third-order valence-corrected chi connectivity index (χ3v) is 3.66. The van der Waals surface area contributed by atoms with Crippen LogP contribution in [0.1, 0.15) is 27.9 Å². The van der Waals surface area contributed by atoms with E-state index in [1.165, 1.54) is 22.3 Å². The van der Waals surface area contributed by atoms with E-state index in [-0.39, 0.29) is 24.0 Å². The molecule has 0 amide bonds. The average Bonchev–Trinajstić information content (AvgIpc) is 2.50. The number of hydrogen-bond donors (Lipinski definition) is 2. The lowest BCUT2D eigenvalue weighted by Crippen LogP contribution is -2.36. The Hall–Kier alpha value is -1.63. The van der Waals surface area contributed by atoms with Crippen LogP contribution >= 0.6 is 24.0 Å². The Morgan fingerprint density at radius 1 is 1.04 bits per heavy atom. The summed E-state index contributed by atoms with van der Waals surface area (Å²) in [5.74, 6) is 0.782. The van der Waals surface area contributed by atoms with Crippen molar-refractivity contribution in [3.8, 4) is 0 Å². The van der Waals surface area contributed by atoms with E-state index in [1.807, 2.05) is 18.2 Å². The molecular weight excluding hydrogens is 399 g/mol. The lowest BCUT2D eigenvalue weighted by molar-refractivity contribution is 0.789. The Kier molecular flexibility index (Phi) is 8.02. The lowest BCUT2D eigenvalue weighted by Gasteiger charge is -2.15. The molecule has 0 saturated heterocycles. The maximum Gasteiger partial charge on any atom is 0.191 e. The van der Waals surface area contributed by atoms with Gasteiger partial charge in [-0.15, -0.1) is 24.0 Å². The molecule has 23 heavy (non-hydrogen) atoms. The van der Waals surface area contributed by atoms with Gasteiger partial charge in [-0.3, -0.25) is 9.98 Å². The number of hydrogen-bond acceptors (Lipinski definition) is 2. The van der Waals surface area contributed by atoms with Crippen molar-refractivity contribution < 1.29 is 0 Å². The molecule has 0 aliphatic heterocycles. The molecule has 0 radical (unpaired) electrons. The minimum atomic E-state index is 0. The molecule has 0 bridgehead atoms. The first-order valence-electron chi connectivity index (χ1n) is 7.51. The van der Waals surface area contributed by atoms with E-state index >= 15 is 0 Å². The van der Waals surface area contributed by atoms with Crippen LogP contribution in [0.15, 0.2) is 41.5 Å². The van der Waals surface area contributed by atoms with Crippen molar-refractivity contribution >= 4 is 29.9 Å². The highest BCUT2D eigenvalue weighted by atomic mass is 127. The quantitative estimate of drug-likeness (QED) is 0.449. The highest BCUT2D eigenvalue weighted by Gasteiger charge is 2.05. The largest absolute Gasteiger partial charge is 0.352 e. The van der Waals surface area contributed by atoms with Gasteiger partial charge in [0.05, 0.1) is 12.2 Å². The Labute approximate surface area is 155 Å². The minimum absolute atomic E-state index is 0. The van der Waals surface area contributed by atoms with Gasteiger partial charge >= 0.3 is 0 Å². The highest BCUT2D eigenvalue weighted by Crippen LogP contribution is 2.15. The zero-order chi connectivity index (χ0) is 15.9. The minimum Gasteiger partial charge on any atom is -0.352 e. The molecule has 0 aliphatic rings. The van der Waals surface area contributed by atoms with E-state index in [2.05, 4.69) is 53.5 Å². The van der Waals surface area contributed by atoms with Crippen LogP contribution in [0.2, 0.25) is 0 Å². The molecule has 0 fully saturated rings. The van der Waals surface area contributed by atoms with E-state index in [0.717, 1.165) is 18.2 Å². The summed E-state index contributed by atoms with van der Waals surface area (Å²) in [6, 6.07) is 10.3. The number of rotatable bonds is 4. The SMILES string of the molecule is CN=C(NCc1ccccn1)NCc1c(C)cc(C)cc1C.I. The molecule has 0 spiro atoms. The number of guanidine groups is 1. The number of aromatic nitrogens is 1. The molecule has 2 rings (SSSR count). The van der Waals surface area contributed by atoms with E-state index in [0.29, 0.717) is 6.54 Å². The second-order valence-corrected chi connectivity index (χ2v) is 5.48. The standard InChI is InChI=1S/C18H24N4.HI/c1-13-9-14(2)17(15(3)10-13)12-22-18(19-4)21-11-16-7-5-6-8-20-16;/h5-10H,11-12H2,1-4H3,(H2,19,21,22);1H. The van der Waals surface area contributed by atoms with Crippen LogP contribution < -0.4 is 10.6 Å². The summed E-state index contributed by atoms with van der Waals surface area (Å²) in [4.78, 5) is 8.56. The van der Waals surface area contributed by atoms with E-state index in [9.17, 15) is 0 Å². The van der Waals surface area contributed by atoms with Crippen molar-refractivity contribution in [1.29, 1.82) is 0 Å². The van der Waals surface area contributed by atoms with Crippen LogP contribution in [0.3, 0.4) is 0 Å². The average molecular weight is 424 g/mol. The van der Waals surface area contributed by atoms with Crippen LogP contribution in [0.25, 0.3) is 0 Å². The Balaban J connectivity index is 0.00000264. The summed E-state index contributed by atoms with van der Waals surface area (Å²) < 4.78 is 0. The number of pyridine rings is 1. The van der Waals surface area contributed by atoms with E-state index in [4.69, 9.17) is 0 Å². The summed E-state index contributed by atoms with van der Waals surface area (Å²) >= 11 is 0. The second-order valence-electron chi connectivity index (χ2n) is 5.48. The topological polar surface area (TPSA) is 49.3 Å². The van der Waals surface area contributed by atoms with Gasteiger partial charge in [0.2, 0.25) is 0 Å². The first kappa shape index (κ1) is 19.4. The summed E-state index contributed by atoms with van der Waals surface area (Å²) in [5, 5.41) is 6.65. The molecule has 0 saturated carbocycles. The summed E-state index contributed by atoms with van der Waals surface area (Å²) in [5.41, 5.74) is 6.24. The zero-order valence-electron chi connectivity index (χ0n) is 14.2. The maximum absolute atomic E-state index is 4.30. The molecule has 0 aliphatic carbocycles. The fraction of sp³-hybridized carbons (Fsp3) is 0.333. The molecule has 1 heterocycles. The molecule has 1 aromatic heterocycles. The van der Waals surface area contributed by atoms with Gasteiger partial charge < -0.3 is 10.6 Å². The second kappa shape index (κ2) is 9.50. The number of nitrogens with one attached hydrogen (secondary N) is 2. The van der Waals surface area contributed by atoms with Gasteiger partial charge in [-0.25, -0.2) is 0 Å². The van der Waals surface area contributed by atoms with Crippen LogP contribution in [0, 0.1) is 20.8 Å². The number of halogens is 1. The fourth-order valence-corrected chi connectivity index (χ4v) is 2.56. The van der Waals surface area contributed by atoms with Crippen molar-refractivity contribution in [2.45, 2.75) is 33.9 Å². The monoisotopic (exact) mass is 424 g/mol. The predicted molar refractivity (Wildman–Crippen MR) is 107 cm³/mol. The van der Waals surface area contributed by atoms with Crippen molar-refractivity contribution in [2.75, 3.05) is 7.05 Å². The summed E-state index contributed by atoms with van der Waals surface area (Å²) in [6.45, 7) is 7.86. The molecule has 2 N–H and O–H groups in total. The van der Waals surface area contributed by atoms with Crippen LogP contribution in [-0.2, 0) is 13.1 Å². The van der Waals surface area contributed by atoms with Crippen LogP contribution in [0.4, 0.5) is 0 Å². The van der Waals surface area contributed by atoms with Crippen LogP contribution in [-0.4, -0.2) is 18.0 Å². The molecule has 2 aromatic rings. The molecule has 4 nitrogen and oxygen atoms in total. The number of aliphatic imine (C=N–C) groups is 1. The Morgan fingerprint density at radius 3 is 2.26 bits per heavy atom. The van der Waals surface area contributed by atoms with Crippen molar-refractivity contribution in [3.63, 3.8) is 0 Å². The van der Waals surface area contributed by atoms with Gasteiger partial charge in [-0.1, -0.05) is 23.8 Å². The van der Waals surface area contributed by atoms with E-state index < -0.39 is 0 Å². The summed E-state index contributed by atoms with van der Waals surface area (Å²) in [7, 11) is 1.78. The zero-order valence-corrected chi connectivity index (χ0v) is 16.5. The first-order chi connectivity index (χ1) is 10.6. The van der Waals surface area contributed by atoms with Gasteiger partial charge in [0.1, 0.15) is 0 Å². The Bertz CT molecular complexity index is 630. The third-order valence-electron chi connectivity index (χ3n) is 3.66. The van der Waals surface area contributed by atoms with Gasteiger partial charge in [-0.05, 0) is 49.6 Å². The molecule has 5 heteroatoms. The molecular formula is C18H25IN4. The molecule has 124 valence electrons. The maximum atomic E-state index is 4.30. The van der Waals surface area contributed by atoms with Crippen molar-refractivity contribution in [2.24, 2.45) is 4.99 Å².